The van der Waals surface area contributed by atoms with E-state index in [1.165, 1.54) is 18.5 Å². The lowest BCUT2D eigenvalue weighted by Gasteiger charge is -2.31. The molecule has 0 atom stereocenters. The number of pyridine rings is 1. The van der Waals surface area contributed by atoms with Crippen molar-refractivity contribution in [1.82, 2.24) is 19.9 Å². The quantitative estimate of drug-likeness (QED) is 0.734. The summed E-state index contributed by atoms with van der Waals surface area (Å²) in [6, 6.07) is 8.51. The number of carbonyl (C=O) groups excluding carboxylic acids is 1. The normalized spacial score (nSPS) is 15.3. The minimum Gasteiger partial charge on any atom is -0.339 e. The van der Waals surface area contributed by atoms with E-state index in [0.29, 0.717) is 35.2 Å². The molecule has 1 amide bonds. The number of piperidine rings is 1. The van der Waals surface area contributed by atoms with Gasteiger partial charge in [-0.15, -0.1) is 0 Å². The molecule has 0 bridgehead atoms. The molecule has 0 unspecified atom stereocenters. The van der Waals surface area contributed by atoms with Crippen molar-refractivity contribution in [3.63, 3.8) is 0 Å². The summed E-state index contributed by atoms with van der Waals surface area (Å²) < 4.78 is 0. The zero-order valence-electron chi connectivity index (χ0n) is 14.1. The Balaban J connectivity index is 1.55. The van der Waals surface area contributed by atoms with E-state index in [-0.39, 0.29) is 22.9 Å². The zero-order valence-corrected chi connectivity index (χ0v) is 14.1. The van der Waals surface area contributed by atoms with Gasteiger partial charge >= 0.3 is 0 Å². The summed E-state index contributed by atoms with van der Waals surface area (Å²) in [6.45, 7) is 1.16. The molecule has 132 valence electrons. The largest absolute Gasteiger partial charge is 0.339 e. The van der Waals surface area contributed by atoms with Gasteiger partial charge in [-0.2, -0.15) is 0 Å². The van der Waals surface area contributed by atoms with Gasteiger partial charge in [-0.25, -0.2) is 4.98 Å². The summed E-state index contributed by atoms with van der Waals surface area (Å²) in [5.74, 6) is 0.727. The van der Waals surface area contributed by atoms with Gasteiger partial charge in [0.05, 0.1) is 5.56 Å². The first-order valence-corrected chi connectivity index (χ1v) is 8.58. The van der Waals surface area contributed by atoms with E-state index < -0.39 is 0 Å². The minimum absolute atomic E-state index is 0.0922. The van der Waals surface area contributed by atoms with Gasteiger partial charge in [-0.05, 0) is 18.9 Å². The van der Waals surface area contributed by atoms with Crippen molar-refractivity contribution < 1.29 is 4.79 Å². The molecule has 1 saturated heterocycles. The van der Waals surface area contributed by atoms with Crippen molar-refractivity contribution in [2.24, 2.45) is 0 Å². The number of benzene rings is 1. The monoisotopic (exact) mass is 350 g/mol. The Morgan fingerprint density at radius 1 is 1.08 bits per heavy atom. The average Bonchev–Trinajstić information content (AvgIpc) is 2.68. The average molecular weight is 350 g/mol. The molecule has 1 fully saturated rings. The van der Waals surface area contributed by atoms with Crippen LogP contribution in [-0.4, -0.2) is 38.8 Å². The van der Waals surface area contributed by atoms with E-state index in [1.807, 2.05) is 6.07 Å². The van der Waals surface area contributed by atoms with Crippen LogP contribution in [0.15, 0.2) is 52.3 Å². The molecule has 3 heterocycles. The minimum atomic E-state index is -0.199. The summed E-state index contributed by atoms with van der Waals surface area (Å²) >= 11 is 0. The number of aromatic nitrogens is 3. The van der Waals surface area contributed by atoms with Crippen molar-refractivity contribution in [1.29, 1.82) is 0 Å². The van der Waals surface area contributed by atoms with Crippen LogP contribution in [0.4, 0.5) is 0 Å². The number of hydrogen-bond acceptors (Lipinski definition) is 4. The number of H-pyrrole nitrogens is 2. The van der Waals surface area contributed by atoms with Crippen molar-refractivity contribution in [2.75, 3.05) is 13.1 Å². The lowest BCUT2D eigenvalue weighted by molar-refractivity contribution is 0.0712. The molecule has 4 rings (SSSR count). The number of likely N-dealkylation sites (tertiary alicyclic amines) is 1. The smallest absolute Gasteiger partial charge is 0.255 e. The van der Waals surface area contributed by atoms with Gasteiger partial charge < -0.3 is 14.9 Å². The van der Waals surface area contributed by atoms with Gasteiger partial charge in [0.2, 0.25) is 0 Å². The molecule has 1 aliphatic heterocycles. The first-order chi connectivity index (χ1) is 12.6. The van der Waals surface area contributed by atoms with Crippen LogP contribution in [0.2, 0.25) is 0 Å². The van der Waals surface area contributed by atoms with Crippen molar-refractivity contribution in [3.8, 4) is 0 Å². The Morgan fingerprint density at radius 2 is 1.81 bits per heavy atom. The summed E-state index contributed by atoms with van der Waals surface area (Å²) in [7, 11) is 0. The Morgan fingerprint density at radius 3 is 2.54 bits per heavy atom. The molecule has 0 spiro atoms. The van der Waals surface area contributed by atoms with E-state index in [2.05, 4.69) is 15.0 Å². The van der Waals surface area contributed by atoms with E-state index in [1.54, 1.807) is 23.1 Å². The Bertz CT molecular complexity index is 1080. The number of fused-ring (bicyclic) bond motifs is 1. The fourth-order valence-electron chi connectivity index (χ4n) is 3.51. The van der Waals surface area contributed by atoms with Gasteiger partial charge in [-0.1, -0.05) is 18.2 Å². The number of rotatable bonds is 2. The van der Waals surface area contributed by atoms with Crippen LogP contribution in [0.25, 0.3) is 10.8 Å². The first kappa shape index (κ1) is 16.3. The molecule has 26 heavy (non-hydrogen) atoms. The number of amides is 1. The van der Waals surface area contributed by atoms with Gasteiger partial charge in [0, 0.05) is 48.2 Å². The second kappa shape index (κ2) is 6.59. The van der Waals surface area contributed by atoms with Crippen LogP contribution in [0.3, 0.4) is 0 Å². The van der Waals surface area contributed by atoms with Crippen LogP contribution < -0.4 is 11.1 Å². The topological polar surface area (TPSA) is 98.9 Å². The lowest BCUT2D eigenvalue weighted by Crippen LogP contribution is -2.38. The molecular weight excluding hydrogens is 332 g/mol. The first-order valence-electron chi connectivity index (χ1n) is 8.58. The molecule has 1 aliphatic rings. The Kier molecular flexibility index (Phi) is 4.12. The van der Waals surface area contributed by atoms with Gasteiger partial charge in [-0.3, -0.25) is 14.4 Å². The number of nitrogens with zero attached hydrogens (tertiary/aromatic N) is 2. The maximum absolute atomic E-state index is 13.0. The van der Waals surface area contributed by atoms with Gasteiger partial charge in [0.15, 0.2) is 0 Å². The maximum atomic E-state index is 13.0. The predicted molar refractivity (Wildman–Crippen MR) is 97.3 cm³/mol. The summed E-state index contributed by atoms with van der Waals surface area (Å²) in [4.78, 5) is 47.8. The van der Waals surface area contributed by atoms with Gasteiger partial charge in [0.25, 0.3) is 17.0 Å². The molecule has 7 nitrogen and oxygen atoms in total. The Labute approximate surface area is 148 Å². The fraction of sp³-hybridized carbons (Fsp3) is 0.263. The molecule has 0 saturated carbocycles. The van der Waals surface area contributed by atoms with Gasteiger partial charge in [0.1, 0.15) is 5.82 Å². The highest BCUT2D eigenvalue weighted by Crippen LogP contribution is 2.26. The number of hydrogen-bond donors (Lipinski definition) is 2. The molecule has 2 aromatic heterocycles. The van der Waals surface area contributed by atoms with Crippen LogP contribution >= 0.6 is 0 Å². The van der Waals surface area contributed by atoms with Crippen LogP contribution in [-0.2, 0) is 0 Å². The fourth-order valence-corrected chi connectivity index (χ4v) is 3.51. The Hall–Kier alpha value is -3.22. The molecule has 0 radical (unpaired) electrons. The second-order valence-corrected chi connectivity index (χ2v) is 6.46. The zero-order chi connectivity index (χ0) is 18.1. The highest BCUT2D eigenvalue weighted by atomic mass is 16.2. The van der Waals surface area contributed by atoms with E-state index in [9.17, 15) is 14.4 Å². The molecular formula is C19H18N4O3. The maximum Gasteiger partial charge on any atom is 0.255 e. The highest BCUT2D eigenvalue weighted by Gasteiger charge is 2.26. The van der Waals surface area contributed by atoms with E-state index in [0.717, 1.165) is 12.8 Å². The predicted octanol–water partition coefficient (Wildman–Crippen LogP) is 1.63. The number of carbonyl (C=O) groups is 1. The van der Waals surface area contributed by atoms with Crippen molar-refractivity contribution in [3.05, 3.63) is 74.8 Å². The third-order valence-electron chi connectivity index (χ3n) is 4.90. The molecule has 2 N–H and O–H groups in total. The molecule has 0 aliphatic carbocycles. The SMILES string of the molecule is O=C(c1c[nH]c(=O)c2ccccc12)N1CCC(c2nccc(=O)[nH]2)CC1. The molecule has 7 heteroatoms. The molecule has 1 aromatic carbocycles. The third-order valence-corrected chi connectivity index (χ3v) is 4.90. The van der Waals surface area contributed by atoms with Crippen molar-refractivity contribution >= 4 is 16.7 Å². The second-order valence-electron chi connectivity index (χ2n) is 6.46. The lowest BCUT2D eigenvalue weighted by atomic mass is 9.95. The summed E-state index contributed by atoms with van der Waals surface area (Å²) in [5, 5.41) is 1.18. The highest BCUT2D eigenvalue weighted by molar-refractivity contribution is 6.06. The third kappa shape index (κ3) is 2.92. The van der Waals surface area contributed by atoms with Crippen molar-refractivity contribution in [2.45, 2.75) is 18.8 Å². The summed E-state index contributed by atoms with van der Waals surface area (Å²) in [6.07, 6.45) is 4.48. The van der Waals surface area contributed by atoms with Crippen LogP contribution in [0.5, 0.6) is 0 Å². The van der Waals surface area contributed by atoms with E-state index >= 15 is 0 Å². The van der Waals surface area contributed by atoms with Crippen LogP contribution in [0.1, 0.15) is 34.9 Å². The summed E-state index contributed by atoms with van der Waals surface area (Å²) in [5.41, 5.74) is 0.146. The standard InChI is InChI=1S/C19H18N4O3/c24-16-5-8-20-17(22-16)12-6-9-23(10-7-12)19(26)15-11-21-18(25)14-4-2-1-3-13(14)15/h1-5,8,11-12H,6-7,9-10H2,(H,21,25)(H,20,22,24). The van der Waals surface area contributed by atoms with Crippen LogP contribution in [0, 0.1) is 0 Å². The van der Waals surface area contributed by atoms with E-state index in [4.69, 9.17) is 0 Å². The molecule has 3 aromatic rings. The number of aromatic amines is 2. The number of nitrogens with one attached hydrogen (secondary N) is 2.